The molecule has 0 fully saturated rings. The average Bonchev–Trinajstić information content (AvgIpc) is 2.51. The smallest absolute Gasteiger partial charge is 0.462 e. The lowest BCUT2D eigenvalue weighted by molar-refractivity contribution is -0.161. The number of esters is 4. The minimum atomic E-state index is -4.96. The van der Waals surface area contributed by atoms with Crippen molar-refractivity contribution in [2.24, 2.45) is 23.7 Å². The Morgan fingerprint density at radius 3 is 0.772 bits per heavy atom. The molecule has 0 saturated carbocycles. The van der Waals surface area contributed by atoms with Crippen LogP contribution in [0.15, 0.2) is 0 Å². The minimum absolute atomic E-state index is 0.104. The number of unbranched alkanes of at least 4 members (excludes halogenated alkanes) is 34. The largest absolute Gasteiger partial charge is 0.472 e. The zero-order valence-electron chi connectivity index (χ0n) is 60.2. The van der Waals surface area contributed by atoms with Crippen LogP contribution in [0.5, 0.6) is 0 Å². The molecule has 0 rings (SSSR count). The molecule has 0 aliphatic heterocycles. The summed E-state index contributed by atoms with van der Waals surface area (Å²) in [6.45, 7) is 14.2. The van der Waals surface area contributed by atoms with Gasteiger partial charge in [-0.15, -0.1) is 0 Å². The first-order valence-corrected chi connectivity index (χ1v) is 40.8. The maximum atomic E-state index is 13.1. The number of carbonyl (C=O) groups excluding carboxylic acids is 4. The number of aliphatic hydroxyl groups is 1. The van der Waals surface area contributed by atoms with E-state index in [1.807, 2.05) is 0 Å². The molecule has 0 saturated heterocycles. The third kappa shape index (κ3) is 64.1. The van der Waals surface area contributed by atoms with E-state index in [0.717, 1.165) is 120 Å². The monoisotopic (exact) mass is 1350 g/mol. The van der Waals surface area contributed by atoms with Crippen molar-refractivity contribution in [1.82, 2.24) is 0 Å². The molecule has 0 aliphatic rings. The van der Waals surface area contributed by atoms with E-state index in [1.54, 1.807) is 0 Å². The molecule has 0 radical (unpaired) electrons. The number of rotatable bonds is 70. The standard InChI is InChI=1S/C73H142O17P2/c1-9-65(7)51-43-35-27-23-24-30-40-48-56-73(78)90-69(60-84-71(76)54-46-38-32-31-36-44-52-66(8)10-2)62-88-92(81,82)86-58-67(74)57-85-91(79,80)87-61-68(89-72(77)55-47-39-29-22-18-14-12-16-20-26-34-42-50-64(5)6)59-83-70(75)53-45-37-28-21-17-13-11-15-19-25-33-41-49-63(3)4/h63-69,74H,9-62H2,1-8H3,(H,79,80)(H,81,82)/t65?,66?,67-,68-,69-/m1/s1. The Bertz CT molecular complexity index is 1820. The minimum Gasteiger partial charge on any atom is -0.462 e. The van der Waals surface area contributed by atoms with Crippen molar-refractivity contribution in [3.8, 4) is 0 Å². The van der Waals surface area contributed by atoms with Gasteiger partial charge in [0.15, 0.2) is 12.2 Å². The molecule has 0 aliphatic carbocycles. The van der Waals surface area contributed by atoms with Gasteiger partial charge in [-0.25, -0.2) is 9.13 Å². The molecule has 0 amide bonds. The summed E-state index contributed by atoms with van der Waals surface area (Å²) in [5.74, 6) is 0.932. The number of phosphoric acid groups is 2. The molecule has 92 heavy (non-hydrogen) atoms. The molecule has 0 aromatic heterocycles. The third-order valence-electron chi connectivity index (χ3n) is 17.5. The van der Waals surface area contributed by atoms with Crippen LogP contribution >= 0.6 is 15.6 Å². The van der Waals surface area contributed by atoms with Gasteiger partial charge in [0.25, 0.3) is 0 Å². The van der Waals surface area contributed by atoms with Crippen LogP contribution in [0, 0.1) is 23.7 Å². The van der Waals surface area contributed by atoms with Crippen molar-refractivity contribution in [3.63, 3.8) is 0 Å². The Hall–Kier alpha value is -1.94. The molecule has 0 aromatic carbocycles. The van der Waals surface area contributed by atoms with Crippen molar-refractivity contribution >= 4 is 39.5 Å². The van der Waals surface area contributed by atoms with Crippen LogP contribution in [-0.2, 0) is 65.4 Å². The molecule has 19 heteroatoms. The van der Waals surface area contributed by atoms with Crippen molar-refractivity contribution in [2.45, 2.75) is 382 Å². The molecule has 0 heterocycles. The summed E-state index contributed by atoms with van der Waals surface area (Å²) in [6.07, 6.45) is 45.7. The van der Waals surface area contributed by atoms with E-state index in [4.69, 9.17) is 37.0 Å². The normalized spacial score (nSPS) is 14.8. The second kappa shape index (κ2) is 62.6. The molecular formula is C73H142O17P2. The molecule has 7 atom stereocenters. The molecule has 17 nitrogen and oxygen atoms in total. The number of ether oxygens (including phenoxy) is 4. The highest BCUT2D eigenvalue weighted by Crippen LogP contribution is 2.45. The van der Waals surface area contributed by atoms with E-state index in [9.17, 15) is 43.2 Å². The Kier molecular flexibility index (Phi) is 61.3. The number of aliphatic hydroxyl groups excluding tert-OH is 1. The van der Waals surface area contributed by atoms with Gasteiger partial charge in [0.1, 0.15) is 19.3 Å². The van der Waals surface area contributed by atoms with Crippen molar-refractivity contribution < 1.29 is 80.2 Å². The number of phosphoric ester groups is 2. The second-order valence-electron chi connectivity index (χ2n) is 27.8. The quantitative estimate of drug-likeness (QED) is 0.0222. The topological polar surface area (TPSA) is 237 Å². The van der Waals surface area contributed by atoms with Crippen LogP contribution < -0.4 is 0 Å². The van der Waals surface area contributed by atoms with E-state index >= 15 is 0 Å². The van der Waals surface area contributed by atoms with E-state index in [0.29, 0.717) is 25.7 Å². The Morgan fingerprint density at radius 2 is 0.522 bits per heavy atom. The second-order valence-corrected chi connectivity index (χ2v) is 30.7. The van der Waals surface area contributed by atoms with Crippen molar-refractivity contribution in [2.75, 3.05) is 39.6 Å². The van der Waals surface area contributed by atoms with Gasteiger partial charge in [-0.3, -0.25) is 37.3 Å². The Balaban J connectivity index is 5.27. The Morgan fingerprint density at radius 1 is 0.304 bits per heavy atom. The predicted octanol–water partition coefficient (Wildman–Crippen LogP) is 20.9. The first-order chi connectivity index (χ1) is 44.2. The zero-order chi connectivity index (χ0) is 68.2. The SMILES string of the molecule is CCC(C)CCCCCCCCCCC(=O)O[C@H](COC(=O)CCCCCCCCC(C)CC)COP(=O)(O)OC[C@H](O)COP(=O)(O)OC[C@@H](COC(=O)CCCCCCCCCCCCCCC(C)C)OC(=O)CCCCCCCCCCCCCCC(C)C. The number of hydrogen-bond acceptors (Lipinski definition) is 15. The fourth-order valence-electron chi connectivity index (χ4n) is 11.0. The summed E-state index contributed by atoms with van der Waals surface area (Å²) < 4.78 is 68.4. The lowest BCUT2D eigenvalue weighted by atomic mass is 9.99. The highest BCUT2D eigenvalue weighted by molar-refractivity contribution is 7.47. The van der Waals surface area contributed by atoms with Crippen molar-refractivity contribution in [3.05, 3.63) is 0 Å². The molecule has 3 N–H and O–H groups in total. The molecule has 4 unspecified atom stereocenters. The van der Waals surface area contributed by atoms with Crippen LogP contribution in [0.25, 0.3) is 0 Å². The summed E-state index contributed by atoms with van der Waals surface area (Å²) in [4.78, 5) is 72.7. The van der Waals surface area contributed by atoms with Crippen LogP contribution in [0.1, 0.15) is 364 Å². The molecular weight excluding hydrogens is 1210 g/mol. The van der Waals surface area contributed by atoms with Crippen LogP contribution in [0.2, 0.25) is 0 Å². The summed E-state index contributed by atoms with van der Waals surface area (Å²) in [7, 11) is -9.91. The van der Waals surface area contributed by atoms with Gasteiger partial charge < -0.3 is 33.8 Å². The van der Waals surface area contributed by atoms with E-state index in [1.165, 1.54) is 161 Å². The van der Waals surface area contributed by atoms with Gasteiger partial charge in [0.2, 0.25) is 0 Å². The Labute approximate surface area is 562 Å². The maximum Gasteiger partial charge on any atom is 0.472 e. The molecule has 0 aromatic rings. The van der Waals surface area contributed by atoms with Gasteiger partial charge in [0, 0.05) is 25.7 Å². The fourth-order valence-corrected chi connectivity index (χ4v) is 12.5. The molecule has 546 valence electrons. The third-order valence-corrected chi connectivity index (χ3v) is 19.4. The summed E-state index contributed by atoms with van der Waals surface area (Å²) >= 11 is 0. The zero-order valence-corrected chi connectivity index (χ0v) is 62.0. The summed E-state index contributed by atoms with van der Waals surface area (Å²) in [5, 5.41) is 10.6. The lowest BCUT2D eigenvalue weighted by Crippen LogP contribution is -2.30. The summed E-state index contributed by atoms with van der Waals surface area (Å²) in [6, 6.07) is 0. The highest BCUT2D eigenvalue weighted by atomic mass is 31.2. The van der Waals surface area contributed by atoms with Gasteiger partial charge >= 0.3 is 39.5 Å². The van der Waals surface area contributed by atoms with E-state index < -0.39 is 97.5 Å². The van der Waals surface area contributed by atoms with E-state index in [-0.39, 0.29) is 25.7 Å². The number of hydrogen-bond donors (Lipinski definition) is 3. The van der Waals surface area contributed by atoms with Crippen LogP contribution in [0.3, 0.4) is 0 Å². The summed E-state index contributed by atoms with van der Waals surface area (Å²) in [5.41, 5.74) is 0. The van der Waals surface area contributed by atoms with Crippen LogP contribution in [0.4, 0.5) is 0 Å². The maximum absolute atomic E-state index is 13.1. The van der Waals surface area contributed by atoms with Gasteiger partial charge in [-0.05, 0) is 49.4 Å². The first kappa shape index (κ1) is 90.1. The average molecular weight is 1350 g/mol. The van der Waals surface area contributed by atoms with Gasteiger partial charge in [-0.2, -0.15) is 0 Å². The van der Waals surface area contributed by atoms with E-state index in [2.05, 4.69) is 55.4 Å². The first-order valence-electron chi connectivity index (χ1n) is 37.8. The highest BCUT2D eigenvalue weighted by Gasteiger charge is 2.30. The fraction of sp³-hybridized carbons (Fsp3) is 0.945. The predicted molar refractivity (Wildman–Crippen MR) is 372 cm³/mol. The molecule has 0 bridgehead atoms. The van der Waals surface area contributed by atoms with Gasteiger partial charge in [-0.1, -0.05) is 312 Å². The van der Waals surface area contributed by atoms with Crippen LogP contribution in [-0.4, -0.2) is 96.7 Å². The van der Waals surface area contributed by atoms with Crippen molar-refractivity contribution in [1.29, 1.82) is 0 Å². The lowest BCUT2D eigenvalue weighted by Gasteiger charge is -2.21. The van der Waals surface area contributed by atoms with Gasteiger partial charge in [0.05, 0.1) is 26.4 Å². The molecule has 0 spiro atoms. The number of carbonyl (C=O) groups is 4.